The average Bonchev–Trinajstić information content (AvgIpc) is 3.03. The van der Waals surface area contributed by atoms with E-state index in [4.69, 9.17) is 0 Å². The Morgan fingerprint density at radius 2 is 1.76 bits per heavy atom. The minimum Gasteiger partial charge on any atom is -0.393 e. The van der Waals surface area contributed by atoms with E-state index in [1.807, 2.05) is 0 Å². The number of fused-ring (bicyclic) bond motifs is 5. The highest BCUT2D eigenvalue weighted by Gasteiger charge is 2.59. The minimum atomic E-state index is -0.133. The van der Waals surface area contributed by atoms with Crippen LogP contribution in [0.2, 0.25) is 0 Å². The van der Waals surface area contributed by atoms with Gasteiger partial charge in [0, 0.05) is 0 Å². The molecule has 0 aromatic rings. The summed E-state index contributed by atoms with van der Waals surface area (Å²) >= 11 is 0. The fourth-order valence-electron chi connectivity index (χ4n) is 8.58. The van der Waals surface area contributed by atoms with Gasteiger partial charge in [0.2, 0.25) is 0 Å². The number of aliphatic hydroxyl groups is 2. The molecule has 0 bridgehead atoms. The van der Waals surface area contributed by atoms with Crippen LogP contribution in [-0.2, 0) is 0 Å². The van der Waals surface area contributed by atoms with E-state index in [0.717, 1.165) is 43.4 Å². The van der Waals surface area contributed by atoms with Crippen LogP contribution in [0.5, 0.6) is 0 Å². The van der Waals surface area contributed by atoms with Crippen LogP contribution in [0, 0.1) is 46.3 Å². The molecule has 1 unspecified atom stereocenters. The van der Waals surface area contributed by atoms with Crippen LogP contribution in [-0.4, -0.2) is 22.4 Å². The summed E-state index contributed by atoms with van der Waals surface area (Å²) in [5.41, 5.74) is 2.33. The normalized spacial score (nSPS) is 46.5. The van der Waals surface area contributed by atoms with Gasteiger partial charge in [-0.25, -0.2) is 0 Å². The maximum Gasteiger partial charge on any atom is 0.0577 e. The number of allylic oxidation sites excluding steroid dienone is 1. The average molecular weight is 403 g/mol. The molecular formula is C27H46O2. The van der Waals surface area contributed by atoms with Crippen molar-refractivity contribution in [3.63, 3.8) is 0 Å². The quantitative estimate of drug-likeness (QED) is 0.525. The molecule has 9 atom stereocenters. The van der Waals surface area contributed by atoms with Gasteiger partial charge in [0.25, 0.3) is 0 Å². The summed E-state index contributed by atoms with van der Waals surface area (Å²) in [6, 6.07) is 0. The Kier molecular flexibility index (Phi) is 6.01. The fraction of sp³-hybridized carbons (Fsp3) is 0.926. The van der Waals surface area contributed by atoms with Crippen molar-refractivity contribution in [2.24, 2.45) is 46.3 Å². The molecule has 0 saturated heterocycles. The molecule has 0 aromatic heterocycles. The highest BCUT2D eigenvalue weighted by molar-refractivity contribution is 5.25. The molecule has 2 N–H and O–H groups in total. The third-order valence-electron chi connectivity index (χ3n) is 10.4. The summed E-state index contributed by atoms with van der Waals surface area (Å²) in [5, 5.41) is 21.2. The lowest BCUT2D eigenvalue weighted by molar-refractivity contribution is -0.0681. The zero-order valence-corrected chi connectivity index (χ0v) is 19.7. The van der Waals surface area contributed by atoms with Crippen LogP contribution >= 0.6 is 0 Å². The molecule has 4 rings (SSSR count). The summed E-state index contributed by atoms with van der Waals surface area (Å²) in [7, 11) is 0. The van der Waals surface area contributed by atoms with Crippen LogP contribution in [0.1, 0.15) is 98.8 Å². The van der Waals surface area contributed by atoms with Crippen molar-refractivity contribution in [1.29, 1.82) is 0 Å². The van der Waals surface area contributed by atoms with Gasteiger partial charge < -0.3 is 10.2 Å². The third-order valence-corrected chi connectivity index (χ3v) is 10.4. The van der Waals surface area contributed by atoms with Crippen LogP contribution < -0.4 is 0 Å². The van der Waals surface area contributed by atoms with Gasteiger partial charge in [-0.3, -0.25) is 0 Å². The lowest BCUT2D eigenvalue weighted by Crippen LogP contribution is -2.51. The summed E-state index contributed by atoms with van der Waals surface area (Å²) in [5.74, 6) is 4.25. The zero-order valence-electron chi connectivity index (χ0n) is 19.7. The molecule has 2 heteroatoms. The molecule has 4 aliphatic rings. The SMILES string of the molecule is CC(C)CC[C@@H](O)[C@@H](C)[C@H]1CC[C@H]2[C@@H]3CC=C4CC(O)CC[C@]4(C)[C@@H]3CC[C@]12C. The second-order valence-corrected chi connectivity index (χ2v) is 12.3. The Hall–Kier alpha value is -0.340. The predicted molar refractivity (Wildman–Crippen MR) is 120 cm³/mol. The Morgan fingerprint density at radius 1 is 1.00 bits per heavy atom. The lowest BCUT2D eigenvalue weighted by atomic mass is 9.47. The van der Waals surface area contributed by atoms with E-state index in [9.17, 15) is 10.2 Å². The maximum atomic E-state index is 11.0. The molecule has 0 heterocycles. The number of rotatable bonds is 5. The maximum absolute atomic E-state index is 11.0. The van der Waals surface area contributed by atoms with Crippen molar-refractivity contribution < 1.29 is 10.2 Å². The molecule has 3 saturated carbocycles. The highest BCUT2D eigenvalue weighted by atomic mass is 16.3. The molecule has 3 fully saturated rings. The van der Waals surface area contributed by atoms with E-state index in [-0.39, 0.29) is 12.2 Å². The van der Waals surface area contributed by atoms with Gasteiger partial charge in [0.1, 0.15) is 0 Å². The minimum absolute atomic E-state index is 0.108. The number of hydrogen-bond acceptors (Lipinski definition) is 2. The first-order chi connectivity index (χ1) is 13.7. The smallest absolute Gasteiger partial charge is 0.0577 e. The van der Waals surface area contributed by atoms with Crippen LogP contribution in [0.4, 0.5) is 0 Å². The van der Waals surface area contributed by atoms with E-state index in [1.54, 1.807) is 5.57 Å². The van der Waals surface area contributed by atoms with Crippen molar-refractivity contribution >= 4 is 0 Å². The van der Waals surface area contributed by atoms with Crippen LogP contribution in [0.25, 0.3) is 0 Å². The molecule has 166 valence electrons. The lowest BCUT2D eigenvalue weighted by Gasteiger charge is -2.58. The summed E-state index contributed by atoms with van der Waals surface area (Å²) < 4.78 is 0. The van der Waals surface area contributed by atoms with Crippen LogP contribution in [0.3, 0.4) is 0 Å². The van der Waals surface area contributed by atoms with E-state index in [0.29, 0.717) is 28.6 Å². The molecule has 0 spiro atoms. The first-order valence-electron chi connectivity index (χ1n) is 12.7. The van der Waals surface area contributed by atoms with Crippen molar-refractivity contribution in [3.05, 3.63) is 11.6 Å². The van der Waals surface area contributed by atoms with E-state index >= 15 is 0 Å². The molecule has 29 heavy (non-hydrogen) atoms. The van der Waals surface area contributed by atoms with E-state index in [1.165, 1.54) is 38.5 Å². The Labute approximate surface area is 179 Å². The Morgan fingerprint density at radius 3 is 2.48 bits per heavy atom. The summed E-state index contributed by atoms with van der Waals surface area (Å²) in [6.45, 7) is 12.0. The van der Waals surface area contributed by atoms with Gasteiger partial charge in [0.15, 0.2) is 0 Å². The van der Waals surface area contributed by atoms with Gasteiger partial charge in [-0.2, -0.15) is 0 Å². The Bertz CT molecular complexity index is 624. The van der Waals surface area contributed by atoms with Gasteiger partial charge in [-0.05, 0) is 111 Å². The van der Waals surface area contributed by atoms with Crippen molar-refractivity contribution in [1.82, 2.24) is 0 Å². The highest BCUT2D eigenvalue weighted by Crippen LogP contribution is 2.67. The largest absolute Gasteiger partial charge is 0.393 e. The summed E-state index contributed by atoms with van der Waals surface area (Å²) in [6.07, 6.45) is 14.1. The molecule has 0 radical (unpaired) electrons. The van der Waals surface area contributed by atoms with E-state index < -0.39 is 0 Å². The van der Waals surface area contributed by atoms with Crippen molar-refractivity contribution in [3.8, 4) is 0 Å². The molecule has 0 aromatic carbocycles. The van der Waals surface area contributed by atoms with E-state index in [2.05, 4.69) is 40.7 Å². The number of aliphatic hydroxyl groups excluding tert-OH is 2. The van der Waals surface area contributed by atoms with Gasteiger partial charge in [-0.1, -0.05) is 46.3 Å². The van der Waals surface area contributed by atoms with Crippen molar-refractivity contribution in [2.45, 2.75) is 111 Å². The fourth-order valence-corrected chi connectivity index (χ4v) is 8.58. The second-order valence-electron chi connectivity index (χ2n) is 12.3. The van der Waals surface area contributed by atoms with Gasteiger partial charge in [-0.15, -0.1) is 0 Å². The zero-order chi connectivity index (χ0) is 21.0. The standard InChI is InChI=1S/C27H46O2/c1-17(2)6-11-25(29)18(3)22-9-10-23-21-8-7-19-16-20(28)12-14-26(19,4)24(21)13-15-27(22,23)5/h7,17-18,20-25,28-29H,6,8-16H2,1-5H3/t18-,20?,21-,22+,23-,24+,25+,26-,27+/m0/s1. The first kappa shape index (κ1) is 21.9. The van der Waals surface area contributed by atoms with Crippen molar-refractivity contribution in [2.75, 3.05) is 0 Å². The topological polar surface area (TPSA) is 40.5 Å². The van der Waals surface area contributed by atoms with Crippen LogP contribution in [0.15, 0.2) is 11.6 Å². The molecule has 4 aliphatic carbocycles. The third kappa shape index (κ3) is 3.65. The predicted octanol–water partition coefficient (Wildman–Crippen LogP) is 6.36. The van der Waals surface area contributed by atoms with Gasteiger partial charge >= 0.3 is 0 Å². The molecule has 0 aliphatic heterocycles. The number of hydrogen-bond donors (Lipinski definition) is 2. The molecule has 0 amide bonds. The molecule has 2 nitrogen and oxygen atoms in total. The second kappa shape index (κ2) is 7.97. The molecular weight excluding hydrogens is 356 g/mol. The summed E-state index contributed by atoms with van der Waals surface area (Å²) in [4.78, 5) is 0. The van der Waals surface area contributed by atoms with Gasteiger partial charge in [0.05, 0.1) is 12.2 Å². The first-order valence-corrected chi connectivity index (χ1v) is 12.7. The monoisotopic (exact) mass is 402 g/mol. The Balaban J connectivity index is 1.51.